The summed E-state index contributed by atoms with van der Waals surface area (Å²) in [4.78, 5) is 23.8. The monoisotopic (exact) mass is 238 g/mol. The highest BCUT2D eigenvalue weighted by Gasteiger charge is 2.29. The average Bonchev–Trinajstić information content (AvgIpc) is 2.54. The molecule has 0 bridgehead atoms. The van der Waals surface area contributed by atoms with Crippen molar-refractivity contribution in [2.75, 3.05) is 23.3 Å². The first-order valence-corrected chi connectivity index (χ1v) is 5.35. The number of hydrogen-bond donors (Lipinski definition) is 2. The molecule has 1 aliphatic rings. The van der Waals surface area contributed by atoms with E-state index >= 15 is 0 Å². The van der Waals surface area contributed by atoms with E-state index in [0.29, 0.717) is 17.9 Å². The summed E-state index contributed by atoms with van der Waals surface area (Å²) in [5.41, 5.74) is 1.40. The predicted molar refractivity (Wildman–Crippen MR) is 61.1 cm³/mol. The van der Waals surface area contributed by atoms with Crippen LogP contribution in [0.25, 0.3) is 0 Å². The van der Waals surface area contributed by atoms with Crippen molar-refractivity contribution in [3.05, 3.63) is 5.69 Å². The molecule has 7 nitrogen and oxygen atoms in total. The van der Waals surface area contributed by atoms with Crippen molar-refractivity contribution in [2.24, 2.45) is 7.05 Å². The van der Waals surface area contributed by atoms with Gasteiger partial charge in [-0.2, -0.15) is 5.10 Å². The number of aliphatic carboxylic acids is 1. The highest BCUT2D eigenvalue weighted by Crippen LogP contribution is 2.32. The quantitative estimate of drug-likeness (QED) is 0.763. The van der Waals surface area contributed by atoms with Crippen LogP contribution in [0.2, 0.25) is 0 Å². The van der Waals surface area contributed by atoms with Crippen LogP contribution in [0.4, 0.5) is 11.5 Å². The Morgan fingerprint density at radius 3 is 2.88 bits per heavy atom. The van der Waals surface area contributed by atoms with E-state index in [4.69, 9.17) is 5.11 Å². The molecule has 0 aliphatic carbocycles. The molecule has 0 radical (unpaired) electrons. The van der Waals surface area contributed by atoms with Gasteiger partial charge in [0.05, 0.1) is 12.2 Å². The van der Waals surface area contributed by atoms with E-state index in [1.165, 1.54) is 4.90 Å². The van der Waals surface area contributed by atoms with Gasteiger partial charge in [-0.05, 0) is 6.42 Å². The number of carbonyl (C=O) groups is 2. The third kappa shape index (κ3) is 1.95. The lowest BCUT2D eigenvalue weighted by atomic mass is 10.2. The maximum atomic E-state index is 11.5. The Labute approximate surface area is 98.0 Å². The average molecular weight is 238 g/mol. The molecular formula is C10H14N4O3. The van der Waals surface area contributed by atoms with Gasteiger partial charge in [-0.15, -0.1) is 0 Å². The maximum Gasteiger partial charge on any atom is 0.323 e. The van der Waals surface area contributed by atoms with E-state index in [9.17, 15) is 9.59 Å². The number of aryl methyl sites for hydroxylation is 2. The minimum absolute atomic E-state index is 0.0436. The van der Waals surface area contributed by atoms with Gasteiger partial charge in [0, 0.05) is 7.05 Å². The fourth-order valence-corrected chi connectivity index (χ4v) is 2.03. The molecule has 0 saturated carbocycles. The van der Waals surface area contributed by atoms with E-state index < -0.39 is 5.97 Å². The summed E-state index contributed by atoms with van der Waals surface area (Å²) < 4.78 is 1.61. The van der Waals surface area contributed by atoms with Crippen LogP contribution in [0.15, 0.2) is 0 Å². The van der Waals surface area contributed by atoms with Crippen LogP contribution in [0, 0.1) is 0 Å². The standard InChI is InChI=1S/C10H14N4O3/c1-3-6-9-10(13(2)12-6)14(5-8(16)17)4-7(15)11-9/h3-5H2,1-2H3,(H,11,15)(H,16,17). The van der Waals surface area contributed by atoms with Gasteiger partial charge in [-0.25, -0.2) is 0 Å². The number of fused-ring (bicyclic) bond motifs is 1. The number of aromatic nitrogens is 2. The zero-order valence-corrected chi connectivity index (χ0v) is 9.73. The van der Waals surface area contributed by atoms with Crippen LogP contribution in [0.5, 0.6) is 0 Å². The lowest BCUT2D eigenvalue weighted by Gasteiger charge is -2.27. The van der Waals surface area contributed by atoms with Gasteiger partial charge in [0.15, 0.2) is 5.82 Å². The molecule has 92 valence electrons. The number of amides is 1. The summed E-state index contributed by atoms with van der Waals surface area (Å²) in [6.45, 7) is 1.77. The zero-order chi connectivity index (χ0) is 12.6. The Kier molecular flexibility index (Phi) is 2.74. The van der Waals surface area contributed by atoms with Crippen LogP contribution in [0.1, 0.15) is 12.6 Å². The van der Waals surface area contributed by atoms with E-state index in [1.54, 1.807) is 11.7 Å². The number of anilines is 2. The van der Waals surface area contributed by atoms with E-state index in [-0.39, 0.29) is 19.0 Å². The molecule has 0 unspecified atom stereocenters. The van der Waals surface area contributed by atoms with Crippen molar-refractivity contribution >= 4 is 23.4 Å². The maximum absolute atomic E-state index is 11.5. The Hall–Kier alpha value is -2.05. The van der Waals surface area contributed by atoms with Crippen molar-refractivity contribution in [3.8, 4) is 0 Å². The van der Waals surface area contributed by atoms with Gasteiger partial charge in [0.25, 0.3) is 0 Å². The first kappa shape index (κ1) is 11.4. The number of hydrogen-bond acceptors (Lipinski definition) is 4. The molecule has 1 aliphatic heterocycles. The van der Waals surface area contributed by atoms with Gasteiger partial charge in [0.2, 0.25) is 5.91 Å². The molecule has 1 aromatic rings. The Morgan fingerprint density at radius 2 is 2.29 bits per heavy atom. The predicted octanol–water partition coefficient (Wildman–Crippen LogP) is -0.174. The number of nitrogens with zero attached hydrogens (tertiary/aromatic N) is 3. The molecule has 17 heavy (non-hydrogen) atoms. The summed E-state index contributed by atoms with van der Waals surface area (Å²) in [6.07, 6.45) is 0.685. The second kappa shape index (κ2) is 4.08. The molecule has 0 aromatic carbocycles. The van der Waals surface area contributed by atoms with Crippen molar-refractivity contribution in [1.29, 1.82) is 0 Å². The number of rotatable bonds is 3. The van der Waals surface area contributed by atoms with Crippen LogP contribution in [-0.2, 0) is 23.1 Å². The SMILES string of the molecule is CCc1nn(C)c2c1NC(=O)CN2CC(=O)O. The third-order valence-electron chi connectivity index (χ3n) is 2.65. The van der Waals surface area contributed by atoms with Crippen molar-refractivity contribution < 1.29 is 14.7 Å². The third-order valence-corrected chi connectivity index (χ3v) is 2.65. The van der Waals surface area contributed by atoms with Gasteiger partial charge in [-0.3, -0.25) is 14.3 Å². The molecule has 2 N–H and O–H groups in total. The Bertz CT molecular complexity index is 480. The molecular weight excluding hydrogens is 224 g/mol. The van der Waals surface area contributed by atoms with Gasteiger partial charge < -0.3 is 15.3 Å². The summed E-state index contributed by atoms with van der Waals surface area (Å²) in [5, 5.41) is 15.8. The highest BCUT2D eigenvalue weighted by atomic mass is 16.4. The number of carbonyl (C=O) groups excluding carboxylic acids is 1. The van der Waals surface area contributed by atoms with E-state index in [1.807, 2.05) is 6.92 Å². The normalized spacial score (nSPS) is 14.5. The molecule has 0 fully saturated rings. The lowest BCUT2D eigenvalue weighted by Crippen LogP contribution is -2.41. The smallest absolute Gasteiger partial charge is 0.323 e. The van der Waals surface area contributed by atoms with Gasteiger partial charge >= 0.3 is 5.97 Å². The first-order valence-electron chi connectivity index (χ1n) is 5.35. The van der Waals surface area contributed by atoms with Crippen molar-refractivity contribution in [3.63, 3.8) is 0 Å². The van der Waals surface area contributed by atoms with Crippen LogP contribution < -0.4 is 10.2 Å². The number of carboxylic acids is 1. The lowest BCUT2D eigenvalue weighted by molar-refractivity contribution is -0.135. The van der Waals surface area contributed by atoms with Crippen LogP contribution in [-0.4, -0.2) is 39.9 Å². The molecule has 0 spiro atoms. The van der Waals surface area contributed by atoms with Crippen molar-refractivity contribution in [1.82, 2.24) is 9.78 Å². The van der Waals surface area contributed by atoms with Gasteiger partial charge in [0.1, 0.15) is 12.2 Å². The van der Waals surface area contributed by atoms with Crippen LogP contribution in [0.3, 0.4) is 0 Å². The Balaban J connectivity index is 2.45. The molecule has 2 rings (SSSR count). The fraction of sp³-hybridized carbons (Fsp3) is 0.500. The molecule has 2 heterocycles. The summed E-state index contributed by atoms with van der Waals surface area (Å²) in [7, 11) is 1.74. The summed E-state index contributed by atoms with van der Waals surface area (Å²) >= 11 is 0. The second-order valence-corrected chi connectivity index (χ2v) is 3.92. The topological polar surface area (TPSA) is 87.5 Å². The molecule has 1 amide bonds. The number of carboxylic acid groups (broad SMARTS) is 1. The highest BCUT2D eigenvalue weighted by molar-refractivity contribution is 6.02. The molecule has 7 heteroatoms. The van der Waals surface area contributed by atoms with Gasteiger partial charge in [-0.1, -0.05) is 6.92 Å². The molecule has 1 aromatic heterocycles. The largest absolute Gasteiger partial charge is 0.480 e. The summed E-state index contributed by atoms with van der Waals surface area (Å²) in [5.74, 6) is -0.518. The van der Waals surface area contributed by atoms with Crippen LogP contribution >= 0.6 is 0 Å². The summed E-state index contributed by atoms with van der Waals surface area (Å²) in [6, 6.07) is 0. The first-order chi connectivity index (χ1) is 8.02. The van der Waals surface area contributed by atoms with E-state index in [0.717, 1.165) is 5.69 Å². The van der Waals surface area contributed by atoms with E-state index in [2.05, 4.69) is 10.4 Å². The minimum Gasteiger partial charge on any atom is -0.480 e. The zero-order valence-electron chi connectivity index (χ0n) is 9.73. The number of nitrogens with one attached hydrogen (secondary N) is 1. The molecule has 0 atom stereocenters. The fourth-order valence-electron chi connectivity index (χ4n) is 2.03. The second-order valence-electron chi connectivity index (χ2n) is 3.92. The molecule has 0 saturated heterocycles. The minimum atomic E-state index is -0.968. The van der Waals surface area contributed by atoms with Crippen molar-refractivity contribution in [2.45, 2.75) is 13.3 Å². The Morgan fingerprint density at radius 1 is 1.59 bits per heavy atom.